The number of hydrogen-bond donors (Lipinski definition) is 1. The summed E-state index contributed by atoms with van der Waals surface area (Å²) in [6.07, 6.45) is 5.84. The second-order valence-corrected chi connectivity index (χ2v) is 1.67. The van der Waals surface area contributed by atoms with Crippen molar-refractivity contribution in [1.82, 2.24) is 4.72 Å². The topological polar surface area (TPSA) is 12.0 Å². The molecule has 1 heterocycles. The van der Waals surface area contributed by atoms with Gasteiger partial charge in [0.15, 0.2) is 0 Å². The van der Waals surface area contributed by atoms with Crippen LogP contribution in [0.3, 0.4) is 0 Å². The van der Waals surface area contributed by atoms with Crippen LogP contribution in [0.4, 0.5) is 0 Å². The van der Waals surface area contributed by atoms with Crippen molar-refractivity contribution in [2.75, 3.05) is 0 Å². The molecule has 0 atom stereocenters. The van der Waals surface area contributed by atoms with Gasteiger partial charge in [0.2, 0.25) is 0 Å². The van der Waals surface area contributed by atoms with Crippen molar-refractivity contribution in [2.45, 2.75) is 0 Å². The summed E-state index contributed by atoms with van der Waals surface area (Å²) in [5, 5.41) is 1.99. The van der Waals surface area contributed by atoms with Gasteiger partial charge >= 0.3 is 23.1 Å². The fourth-order valence-electron chi connectivity index (χ4n) is 0.258. The molecule has 1 N–H and O–H groups in total. The van der Waals surface area contributed by atoms with E-state index in [2.05, 4.69) is 4.72 Å². The van der Waals surface area contributed by atoms with Gasteiger partial charge in [-0.25, -0.2) is 0 Å². The van der Waals surface area contributed by atoms with Crippen LogP contribution in [0, 0.1) is 0 Å². The van der Waals surface area contributed by atoms with Gasteiger partial charge in [-0.05, 0) is 23.4 Å². The molecule has 0 aromatic carbocycles. The maximum Gasteiger partial charge on any atom is 2.00 e. The van der Waals surface area contributed by atoms with Crippen LogP contribution in [0.1, 0.15) is 2.85 Å². The van der Waals surface area contributed by atoms with Crippen LogP contribution < -0.4 is 4.72 Å². The van der Waals surface area contributed by atoms with E-state index in [9.17, 15) is 0 Å². The van der Waals surface area contributed by atoms with Gasteiger partial charge in [0.25, 0.3) is 0 Å². The summed E-state index contributed by atoms with van der Waals surface area (Å²) in [4.78, 5) is 0. The molecule has 0 aliphatic carbocycles. The minimum atomic E-state index is 0. The second kappa shape index (κ2) is 4.55. The predicted octanol–water partition coefficient (Wildman–Crippen LogP) is 1.11. The first-order valence-corrected chi connectivity index (χ1v) is 2.61. The van der Waals surface area contributed by atoms with Crippen LogP contribution in [-0.2, 0) is 0 Å². The van der Waals surface area contributed by atoms with E-state index in [-0.39, 0.29) is 25.9 Å². The van der Waals surface area contributed by atoms with E-state index >= 15 is 0 Å². The Morgan fingerprint density at radius 1 is 1.43 bits per heavy atom. The zero-order valence-corrected chi connectivity index (χ0v) is 6.16. The van der Waals surface area contributed by atoms with Crippen LogP contribution in [0.2, 0.25) is 0 Å². The smallest absolute Gasteiger partial charge is 1.00 e. The van der Waals surface area contributed by atoms with Gasteiger partial charge < -0.3 is 7.58 Å². The Balaban J connectivity index is -0.000000120. The zero-order chi connectivity index (χ0) is 4.24. The number of rotatable bonds is 0. The van der Waals surface area contributed by atoms with E-state index in [1.165, 1.54) is 0 Å². The molecule has 3 heteroatoms. The van der Waals surface area contributed by atoms with Gasteiger partial charge in [0.1, 0.15) is 0 Å². The molecule has 0 aromatic heterocycles. The molecule has 1 aliphatic heterocycles. The third-order valence-corrected chi connectivity index (χ3v) is 1.06. The monoisotopic (exact) mass is 125 g/mol. The number of nitrogens with one attached hydrogen (secondary N) is 1. The molecule has 0 aromatic rings. The van der Waals surface area contributed by atoms with Crippen LogP contribution in [0.25, 0.3) is 0 Å². The Bertz CT molecular complexity index is 84.6. The van der Waals surface area contributed by atoms with Crippen molar-refractivity contribution in [1.29, 1.82) is 0 Å². The number of allylic oxidation sites excluding steroid dienone is 2. The maximum absolute atomic E-state index is 2.93. The molecule has 1 aliphatic rings. The second-order valence-electron chi connectivity index (χ2n) is 0.923. The van der Waals surface area contributed by atoms with Crippen LogP contribution in [0.5, 0.6) is 0 Å². The Hall–Kier alpha value is 0.396. The maximum atomic E-state index is 2.93. The summed E-state index contributed by atoms with van der Waals surface area (Å²) in [7, 11) is 0. The predicted molar refractivity (Wildman–Crippen MR) is 37.0 cm³/mol. The molecular weight excluding hydrogens is 118 g/mol. The molecule has 1 nitrogen and oxygen atoms in total. The fraction of sp³-hybridized carbons (Fsp3) is 0. The molecule has 1 rings (SSSR count). The van der Waals surface area contributed by atoms with Crippen molar-refractivity contribution < 1.29 is 2.85 Å². The molecule has 0 saturated carbocycles. The first-order valence-electron chi connectivity index (χ1n) is 1.73. The minimum Gasteiger partial charge on any atom is -1.00 e. The third-order valence-electron chi connectivity index (χ3n) is 0.490. The Morgan fingerprint density at radius 2 is 2.29 bits per heavy atom. The quantitative estimate of drug-likeness (QED) is 0.385. The van der Waals surface area contributed by atoms with Crippen molar-refractivity contribution in [3.63, 3.8) is 0 Å². The zero-order valence-electron chi connectivity index (χ0n) is 5.92. The van der Waals surface area contributed by atoms with E-state index in [4.69, 9.17) is 0 Å². The molecule has 0 radical (unpaired) electrons. The van der Waals surface area contributed by atoms with Crippen LogP contribution in [0.15, 0.2) is 23.8 Å². The van der Waals surface area contributed by atoms with Crippen LogP contribution in [-0.4, -0.2) is 23.1 Å². The summed E-state index contributed by atoms with van der Waals surface area (Å²) >= 11 is 1.58. The van der Waals surface area contributed by atoms with E-state index < -0.39 is 0 Å². The normalized spacial score (nSPS) is 14.9. The SMILES string of the molecule is C1=CNSC=C1.[H-].[H-].[Mg+2]. The largest absolute Gasteiger partial charge is 2.00 e. The Labute approximate surface area is 66.5 Å². The molecule has 0 amide bonds. The molecule has 0 fully saturated rings. The minimum absolute atomic E-state index is 0. The summed E-state index contributed by atoms with van der Waals surface area (Å²) in [5.74, 6) is 0. The summed E-state index contributed by atoms with van der Waals surface area (Å²) in [6, 6.07) is 0. The summed E-state index contributed by atoms with van der Waals surface area (Å²) in [6.45, 7) is 0. The van der Waals surface area contributed by atoms with E-state index in [1.54, 1.807) is 11.9 Å². The molecule has 7 heavy (non-hydrogen) atoms. The molecular formula is C4H7MgNS. The molecule has 0 saturated heterocycles. The van der Waals surface area contributed by atoms with Crippen LogP contribution >= 0.6 is 11.9 Å². The van der Waals surface area contributed by atoms with Crippen molar-refractivity contribution in [3.05, 3.63) is 23.8 Å². The average molecular weight is 125 g/mol. The number of hydrogen-bond acceptors (Lipinski definition) is 2. The first kappa shape index (κ1) is 7.40. The third kappa shape index (κ3) is 3.02. The van der Waals surface area contributed by atoms with Gasteiger partial charge in [-0.3, -0.25) is 0 Å². The molecule has 0 unspecified atom stereocenters. The van der Waals surface area contributed by atoms with Gasteiger partial charge in [0.05, 0.1) is 0 Å². The molecule has 36 valence electrons. The summed E-state index contributed by atoms with van der Waals surface area (Å²) < 4.78 is 2.93. The Kier molecular flexibility index (Phi) is 4.81. The van der Waals surface area contributed by atoms with Crippen molar-refractivity contribution in [2.24, 2.45) is 0 Å². The van der Waals surface area contributed by atoms with Gasteiger partial charge in [-0.2, -0.15) is 0 Å². The van der Waals surface area contributed by atoms with E-state index in [0.29, 0.717) is 0 Å². The summed E-state index contributed by atoms with van der Waals surface area (Å²) in [5.41, 5.74) is 0. The first-order chi connectivity index (χ1) is 3.00. The van der Waals surface area contributed by atoms with Crippen molar-refractivity contribution in [3.8, 4) is 0 Å². The molecule has 0 bridgehead atoms. The van der Waals surface area contributed by atoms with E-state index in [1.807, 2.05) is 23.8 Å². The Morgan fingerprint density at radius 3 is 2.43 bits per heavy atom. The standard InChI is InChI=1S/C4H5NS.Mg.2H/c1-2-4-6-5-3-1;;;/h1-5H;;;/q;+2;2*-1. The van der Waals surface area contributed by atoms with E-state index in [0.717, 1.165) is 0 Å². The van der Waals surface area contributed by atoms with Gasteiger partial charge in [-0.1, -0.05) is 6.08 Å². The van der Waals surface area contributed by atoms with Gasteiger partial charge in [-0.15, -0.1) is 0 Å². The molecule has 0 spiro atoms. The van der Waals surface area contributed by atoms with Gasteiger partial charge in [0, 0.05) is 6.20 Å². The fourth-order valence-corrected chi connectivity index (χ4v) is 0.663. The van der Waals surface area contributed by atoms with Crippen molar-refractivity contribution >= 4 is 35.0 Å². The average Bonchev–Trinajstić information content (AvgIpc) is 1.72.